The van der Waals surface area contributed by atoms with Gasteiger partial charge in [0, 0.05) is 5.92 Å². The SMILES string of the molecule is CO/C=C(\C(=O)OC)[C@H]1C[C@@H]1c1ccccc1. The molecule has 1 saturated carbocycles. The first-order valence-corrected chi connectivity index (χ1v) is 5.64. The minimum atomic E-state index is -0.296. The molecule has 0 bridgehead atoms. The van der Waals surface area contributed by atoms with Gasteiger partial charge in [-0.15, -0.1) is 0 Å². The highest BCUT2D eigenvalue weighted by molar-refractivity contribution is 5.89. The van der Waals surface area contributed by atoms with E-state index in [-0.39, 0.29) is 11.9 Å². The summed E-state index contributed by atoms with van der Waals surface area (Å²) in [4.78, 5) is 11.6. The first-order valence-electron chi connectivity index (χ1n) is 5.64. The molecule has 1 fully saturated rings. The third-order valence-electron chi connectivity index (χ3n) is 3.08. The van der Waals surface area contributed by atoms with E-state index in [1.54, 1.807) is 7.11 Å². The van der Waals surface area contributed by atoms with Crippen LogP contribution in [0.5, 0.6) is 0 Å². The zero-order valence-electron chi connectivity index (χ0n) is 10.1. The Balaban J connectivity index is 2.11. The van der Waals surface area contributed by atoms with Gasteiger partial charge in [0.05, 0.1) is 26.1 Å². The standard InChI is InChI=1S/C14H16O3/c1-16-9-13(14(15)17-2)12-8-11(12)10-6-4-3-5-7-10/h3-7,9,11-12H,8H2,1-2H3/b13-9-/t11-,12+/m1/s1. The Hall–Kier alpha value is -1.77. The molecule has 3 heteroatoms. The second-order valence-corrected chi connectivity index (χ2v) is 4.16. The van der Waals surface area contributed by atoms with Gasteiger partial charge in [-0.1, -0.05) is 30.3 Å². The molecule has 0 N–H and O–H groups in total. The minimum Gasteiger partial charge on any atom is -0.504 e. The van der Waals surface area contributed by atoms with Crippen molar-refractivity contribution in [3.05, 3.63) is 47.7 Å². The van der Waals surface area contributed by atoms with Crippen molar-refractivity contribution >= 4 is 5.97 Å². The molecule has 1 aliphatic carbocycles. The van der Waals surface area contributed by atoms with Crippen molar-refractivity contribution in [3.8, 4) is 0 Å². The summed E-state index contributed by atoms with van der Waals surface area (Å²) in [5.41, 5.74) is 1.90. The fourth-order valence-corrected chi connectivity index (χ4v) is 2.14. The van der Waals surface area contributed by atoms with Gasteiger partial charge in [0.1, 0.15) is 0 Å². The maximum atomic E-state index is 11.6. The molecule has 0 aliphatic heterocycles. The molecule has 0 heterocycles. The second-order valence-electron chi connectivity index (χ2n) is 4.16. The molecule has 0 aromatic heterocycles. The molecule has 0 spiro atoms. The van der Waals surface area contributed by atoms with Crippen LogP contribution in [0.4, 0.5) is 0 Å². The monoisotopic (exact) mass is 232 g/mol. The van der Waals surface area contributed by atoms with E-state index >= 15 is 0 Å². The van der Waals surface area contributed by atoms with Crippen LogP contribution in [0, 0.1) is 5.92 Å². The summed E-state index contributed by atoms with van der Waals surface area (Å²) in [6.07, 6.45) is 2.48. The van der Waals surface area contributed by atoms with E-state index in [0.717, 1.165) is 6.42 Å². The topological polar surface area (TPSA) is 35.5 Å². The average Bonchev–Trinajstić information content (AvgIpc) is 3.16. The minimum absolute atomic E-state index is 0.227. The smallest absolute Gasteiger partial charge is 0.337 e. The molecule has 1 aromatic rings. The maximum absolute atomic E-state index is 11.6. The molecule has 0 unspecified atom stereocenters. The fourth-order valence-electron chi connectivity index (χ4n) is 2.14. The van der Waals surface area contributed by atoms with E-state index in [0.29, 0.717) is 11.5 Å². The Morgan fingerprint density at radius 2 is 2.00 bits per heavy atom. The van der Waals surface area contributed by atoms with Gasteiger partial charge in [0.15, 0.2) is 0 Å². The van der Waals surface area contributed by atoms with Crippen LogP contribution in [0.3, 0.4) is 0 Å². The van der Waals surface area contributed by atoms with Crippen molar-refractivity contribution < 1.29 is 14.3 Å². The normalized spacial score (nSPS) is 23.1. The number of carbonyl (C=O) groups excluding carboxylic acids is 1. The fraction of sp³-hybridized carbons (Fsp3) is 0.357. The van der Waals surface area contributed by atoms with E-state index in [9.17, 15) is 4.79 Å². The van der Waals surface area contributed by atoms with Crippen molar-refractivity contribution in [2.75, 3.05) is 14.2 Å². The van der Waals surface area contributed by atoms with Crippen molar-refractivity contribution in [2.45, 2.75) is 12.3 Å². The number of methoxy groups -OCH3 is 2. The Bertz CT molecular complexity index is 422. The summed E-state index contributed by atoms with van der Waals surface area (Å²) in [5, 5.41) is 0. The Morgan fingerprint density at radius 1 is 1.29 bits per heavy atom. The lowest BCUT2D eigenvalue weighted by Crippen LogP contribution is -2.07. The molecule has 2 atom stereocenters. The highest BCUT2D eigenvalue weighted by Gasteiger charge is 2.44. The molecule has 1 aliphatic rings. The predicted octanol–water partition coefficient (Wildman–Crippen LogP) is 2.49. The number of esters is 1. The number of hydrogen-bond donors (Lipinski definition) is 0. The zero-order chi connectivity index (χ0) is 12.3. The number of carbonyl (C=O) groups is 1. The Labute approximate surface area is 101 Å². The van der Waals surface area contributed by atoms with Crippen molar-refractivity contribution in [1.29, 1.82) is 0 Å². The van der Waals surface area contributed by atoms with Crippen LogP contribution in [-0.2, 0) is 14.3 Å². The maximum Gasteiger partial charge on any atom is 0.337 e. The lowest BCUT2D eigenvalue weighted by atomic mass is 10.1. The molecule has 0 radical (unpaired) electrons. The summed E-state index contributed by atoms with van der Waals surface area (Å²) in [7, 11) is 2.94. The summed E-state index contributed by atoms with van der Waals surface area (Å²) >= 11 is 0. The average molecular weight is 232 g/mol. The van der Waals surface area contributed by atoms with Crippen LogP contribution >= 0.6 is 0 Å². The largest absolute Gasteiger partial charge is 0.504 e. The number of rotatable bonds is 4. The summed E-state index contributed by atoms with van der Waals surface area (Å²) in [6.45, 7) is 0. The molecule has 17 heavy (non-hydrogen) atoms. The van der Waals surface area contributed by atoms with Gasteiger partial charge in [-0.25, -0.2) is 4.79 Å². The molecular formula is C14H16O3. The highest BCUT2D eigenvalue weighted by Crippen LogP contribution is 2.51. The first kappa shape index (κ1) is 11.7. The molecule has 1 aromatic carbocycles. The van der Waals surface area contributed by atoms with E-state index in [1.807, 2.05) is 18.2 Å². The van der Waals surface area contributed by atoms with Gasteiger partial charge in [-0.05, 0) is 17.9 Å². The van der Waals surface area contributed by atoms with Gasteiger partial charge < -0.3 is 9.47 Å². The van der Waals surface area contributed by atoms with E-state index in [1.165, 1.54) is 18.9 Å². The zero-order valence-corrected chi connectivity index (χ0v) is 10.1. The molecule has 0 amide bonds. The van der Waals surface area contributed by atoms with Gasteiger partial charge in [0.25, 0.3) is 0 Å². The second kappa shape index (κ2) is 5.04. The molecule has 3 nitrogen and oxygen atoms in total. The number of ether oxygens (including phenoxy) is 2. The lowest BCUT2D eigenvalue weighted by molar-refractivity contribution is -0.136. The third kappa shape index (κ3) is 2.49. The van der Waals surface area contributed by atoms with Gasteiger partial charge in [0.2, 0.25) is 0 Å². The molecule has 90 valence electrons. The lowest BCUT2D eigenvalue weighted by Gasteiger charge is -2.04. The van der Waals surface area contributed by atoms with E-state index in [2.05, 4.69) is 12.1 Å². The van der Waals surface area contributed by atoms with Crippen LogP contribution < -0.4 is 0 Å². The molecule has 2 rings (SSSR count). The van der Waals surface area contributed by atoms with Crippen LogP contribution in [0.1, 0.15) is 17.9 Å². The first-order chi connectivity index (χ1) is 8.27. The predicted molar refractivity (Wildman–Crippen MR) is 64.4 cm³/mol. The number of benzene rings is 1. The van der Waals surface area contributed by atoms with Crippen LogP contribution in [-0.4, -0.2) is 20.2 Å². The molecule has 0 saturated heterocycles. The van der Waals surface area contributed by atoms with Crippen molar-refractivity contribution in [3.63, 3.8) is 0 Å². The van der Waals surface area contributed by atoms with Crippen LogP contribution in [0.25, 0.3) is 0 Å². The van der Waals surface area contributed by atoms with Gasteiger partial charge in [-0.2, -0.15) is 0 Å². The van der Waals surface area contributed by atoms with Crippen LogP contribution in [0.15, 0.2) is 42.2 Å². The van der Waals surface area contributed by atoms with Crippen LogP contribution in [0.2, 0.25) is 0 Å². The van der Waals surface area contributed by atoms with E-state index < -0.39 is 0 Å². The van der Waals surface area contributed by atoms with Gasteiger partial charge in [-0.3, -0.25) is 0 Å². The summed E-state index contributed by atoms with van der Waals surface area (Å²) in [6, 6.07) is 10.2. The highest BCUT2D eigenvalue weighted by atomic mass is 16.5. The quantitative estimate of drug-likeness (QED) is 0.454. The van der Waals surface area contributed by atoms with Gasteiger partial charge >= 0.3 is 5.97 Å². The summed E-state index contributed by atoms with van der Waals surface area (Å²) in [5.74, 6) is 0.344. The Morgan fingerprint density at radius 3 is 2.59 bits per heavy atom. The third-order valence-corrected chi connectivity index (χ3v) is 3.08. The Kier molecular flexibility index (Phi) is 3.47. The number of hydrogen-bond acceptors (Lipinski definition) is 3. The molecular weight excluding hydrogens is 216 g/mol. The summed E-state index contributed by atoms with van der Waals surface area (Å²) < 4.78 is 9.71. The van der Waals surface area contributed by atoms with Crippen molar-refractivity contribution in [1.82, 2.24) is 0 Å². The van der Waals surface area contributed by atoms with E-state index in [4.69, 9.17) is 9.47 Å². The van der Waals surface area contributed by atoms with Crippen molar-refractivity contribution in [2.24, 2.45) is 5.92 Å².